The molecule has 1 rings (SSSR count). The first-order valence-corrected chi connectivity index (χ1v) is 3.68. The lowest BCUT2D eigenvalue weighted by Crippen LogP contribution is -2.42. The summed E-state index contributed by atoms with van der Waals surface area (Å²) in [6.07, 6.45) is -0.551. The summed E-state index contributed by atoms with van der Waals surface area (Å²) in [5.41, 5.74) is 0. The summed E-state index contributed by atoms with van der Waals surface area (Å²) in [7, 11) is 1.29. The summed E-state index contributed by atoms with van der Waals surface area (Å²) in [6.45, 7) is 0.958. The smallest absolute Gasteiger partial charge is 0.311 e. The molecule has 0 saturated carbocycles. The molecule has 1 aliphatic heterocycles. The first kappa shape index (κ1) is 8.46. The minimum absolute atomic E-state index is 0.264. The molecule has 0 aromatic carbocycles. The lowest BCUT2D eigenvalue weighted by atomic mass is 9.97. The normalized spacial score (nSPS) is 31.5. The number of hydrogen-bond donors (Lipinski definition) is 1. The van der Waals surface area contributed by atoms with E-state index in [-0.39, 0.29) is 6.54 Å². The Bertz CT molecular complexity index is 151. The van der Waals surface area contributed by atoms with Gasteiger partial charge in [-0.3, -0.25) is 4.79 Å². The van der Waals surface area contributed by atoms with E-state index in [1.165, 1.54) is 7.11 Å². The Labute approximate surface area is 64.9 Å². The number of hydrogen-bond acceptors (Lipinski definition) is 3. The Balaban J connectivity index is 2.47. The third-order valence-corrected chi connectivity index (χ3v) is 1.91. The zero-order valence-corrected chi connectivity index (χ0v) is 6.47. The molecule has 11 heavy (non-hydrogen) atoms. The summed E-state index contributed by atoms with van der Waals surface area (Å²) in [4.78, 5) is 10.9. The van der Waals surface area contributed by atoms with Gasteiger partial charge < -0.3 is 10.1 Å². The van der Waals surface area contributed by atoms with E-state index in [0.29, 0.717) is 13.0 Å². The quantitative estimate of drug-likeness (QED) is 0.554. The summed E-state index contributed by atoms with van der Waals surface area (Å²) in [5, 5.41) is 2.86. The maximum atomic E-state index is 12.9. The van der Waals surface area contributed by atoms with Crippen LogP contribution >= 0.6 is 0 Å². The summed E-state index contributed by atoms with van der Waals surface area (Å²) in [5.74, 6) is -0.986. The number of carbonyl (C=O) groups is 1. The molecule has 1 N–H and O–H groups in total. The van der Waals surface area contributed by atoms with Crippen LogP contribution in [0, 0.1) is 5.92 Å². The number of nitrogens with one attached hydrogen (secondary N) is 1. The van der Waals surface area contributed by atoms with E-state index in [0.717, 1.165) is 0 Å². The predicted octanol–water partition coefficient (Wildman–Crippen LogP) is 0.107. The van der Waals surface area contributed by atoms with Crippen molar-refractivity contribution >= 4 is 5.97 Å². The fourth-order valence-corrected chi connectivity index (χ4v) is 1.24. The van der Waals surface area contributed by atoms with Gasteiger partial charge in [0, 0.05) is 6.54 Å². The minimum Gasteiger partial charge on any atom is -0.469 e. The van der Waals surface area contributed by atoms with Gasteiger partial charge in [-0.2, -0.15) is 0 Å². The third kappa shape index (κ3) is 1.89. The van der Waals surface area contributed by atoms with E-state index >= 15 is 0 Å². The van der Waals surface area contributed by atoms with Crippen molar-refractivity contribution in [3.8, 4) is 0 Å². The van der Waals surface area contributed by atoms with Crippen molar-refractivity contribution in [3.05, 3.63) is 0 Å². The Morgan fingerprint density at radius 3 is 3.00 bits per heavy atom. The van der Waals surface area contributed by atoms with Gasteiger partial charge in [-0.15, -0.1) is 0 Å². The molecular weight excluding hydrogens is 149 g/mol. The maximum Gasteiger partial charge on any atom is 0.311 e. The maximum absolute atomic E-state index is 12.9. The van der Waals surface area contributed by atoms with E-state index in [9.17, 15) is 9.18 Å². The molecule has 1 heterocycles. The monoisotopic (exact) mass is 161 g/mol. The van der Waals surface area contributed by atoms with Gasteiger partial charge in [0.2, 0.25) is 0 Å². The van der Waals surface area contributed by atoms with Crippen molar-refractivity contribution < 1.29 is 13.9 Å². The zero-order valence-electron chi connectivity index (χ0n) is 6.47. The molecule has 0 unspecified atom stereocenters. The molecule has 1 saturated heterocycles. The van der Waals surface area contributed by atoms with Gasteiger partial charge in [-0.1, -0.05) is 0 Å². The second-order valence-electron chi connectivity index (χ2n) is 2.64. The zero-order chi connectivity index (χ0) is 8.27. The average molecular weight is 161 g/mol. The van der Waals surface area contributed by atoms with Crippen LogP contribution in [0.25, 0.3) is 0 Å². The highest BCUT2D eigenvalue weighted by molar-refractivity contribution is 5.73. The molecule has 64 valence electrons. The Morgan fingerprint density at radius 1 is 1.73 bits per heavy atom. The number of piperidine rings is 1. The highest BCUT2D eigenvalue weighted by Gasteiger charge is 2.31. The Kier molecular flexibility index (Phi) is 2.82. The van der Waals surface area contributed by atoms with E-state index in [1.807, 2.05) is 0 Å². The number of rotatable bonds is 1. The van der Waals surface area contributed by atoms with Crippen LogP contribution in [0.2, 0.25) is 0 Å². The molecule has 1 fully saturated rings. The van der Waals surface area contributed by atoms with Crippen LogP contribution in [0.15, 0.2) is 0 Å². The second-order valence-corrected chi connectivity index (χ2v) is 2.64. The Hall–Kier alpha value is -0.640. The fourth-order valence-electron chi connectivity index (χ4n) is 1.24. The fraction of sp³-hybridized carbons (Fsp3) is 0.857. The van der Waals surface area contributed by atoms with Crippen molar-refractivity contribution in [2.24, 2.45) is 5.92 Å². The first-order chi connectivity index (χ1) is 5.25. The van der Waals surface area contributed by atoms with Crippen LogP contribution in [0.5, 0.6) is 0 Å². The predicted molar refractivity (Wildman–Crippen MR) is 37.9 cm³/mol. The van der Waals surface area contributed by atoms with E-state index in [4.69, 9.17) is 0 Å². The Morgan fingerprint density at radius 2 is 2.45 bits per heavy atom. The van der Waals surface area contributed by atoms with Gasteiger partial charge in [0.15, 0.2) is 0 Å². The third-order valence-electron chi connectivity index (χ3n) is 1.91. The summed E-state index contributed by atoms with van der Waals surface area (Å²) < 4.78 is 17.4. The van der Waals surface area contributed by atoms with Gasteiger partial charge in [0.25, 0.3) is 0 Å². The molecule has 0 spiro atoms. The number of halogens is 1. The molecule has 0 amide bonds. The standard InChI is InChI=1S/C7H12FNO2/c1-11-7(10)5-2-3-9-4-6(5)8/h5-6,9H,2-4H2,1H3/t5-,6-/m1/s1. The van der Waals surface area contributed by atoms with Gasteiger partial charge >= 0.3 is 5.97 Å². The van der Waals surface area contributed by atoms with E-state index < -0.39 is 18.1 Å². The number of methoxy groups -OCH3 is 1. The van der Waals surface area contributed by atoms with Crippen molar-refractivity contribution in [2.45, 2.75) is 12.6 Å². The van der Waals surface area contributed by atoms with Crippen LogP contribution in [-0.2, 0) is 9.53 Å². The number of carbonyl (C=O) groups excluding carboxylic acids is 1. The SMILES string of the molecule is COC(=O)[C@@H]1CCNC[C@H]1F. The molecule has 0 aromatic heterocycles. The topological polar surface area (TPSA) is 38.3 Å². The first-order valence-electron chi connectivity index (χ1n) is 3.68. The van der Waals surface area contributed by atoms with Gasteiger partial charge in [0.1, 0.15) is 6.17 Å². The van der Waals surface area contributed by atoms with Crippen molar-refractivity contribution in [3.63, 3.8) is 0 Å². The van der Waals surface area contributed by atoms with Crippen LogP contribution < -0.4 is 5.32 Å². The lowest BCUT2D eigenvalue weighted by Gasteiger charge is -2.24. The molecule has 0 bridgehead atoms. The molecule has 1 aliphatic rings. The largest absolute Gasteiger partial charge is 0.469 e. The second kappa shape index (κ2) is 3.67. The lowest BCUT2D eigenvalue weighted by molar-refractivity contribution is -0.148. The van der Waals surface area contributed by atoms with Crippen LogP contribution in [0.4, 0.5) is 4.39 Å². The molecule has 4 heteroatoms. The molecule has 3 nitrogen and oxygen atoms in total. The summed E-state index contributed by atoms with van der Waals surface area (Å²) in [6, 6.07) is 0. The molecular formula is C7H12FNO2. The number of esters is 1. The minimum atomic E-state index is -1.09. The van der Waals surface area contributed by atoms with Gasteiger partial charge in [-0.05, 0) is 13.0 Å². The van der Waals surface area contributed by atoms with Crippen LogP contribution in [0.3, 0.4) is 0 Å². The van der Waals surface area contributed by atoms with Gasteiger partial charge in [-0.25, -0.2) is 4.39 Å². The van der Waals surface area contributed by atoms with Crippen LogP contribution in [-0.4, -0.2) is 32.3 Å². The highest BCUT2D eigenvalue weighted by Crippen LogP contribution is 2.16. The summed E-state index contributed by atoms with van der Waals surface area (Å²) >= 11 is 0. The van der Waals surface area contributed by atoms with Crippen molar-refractivity contribution in [1.82, 2.24) is 5.32 Å². The highest BCUT2D eigenvalue weighted by atomic mass is 19.1. The van der Waals surface area contributed by atoms with E-state index in [2.05, 4.69) is 10.1 Å². The average Bonchev–Trinajstić information content (AvgIpc) is 2.04. The van der Waals surface area contributed by atoms with E-state index in [1.54, 1.807) is 0 Å². The van der Waals surface area contributed by atoms with Crippen molar-refractivity contribution in [2.75, 3.05) is 20.2 Å². The number of alkyl halides is 1. The van der Waals surface area contributed by atoms with Crippen molar-refractivity contribution in [1.29, 1.82) is 0 Å². The molecule has 0 aliphatic carbocycles. The van der Waals surface area contributed by atoms with Crippen LogP contribution in [0.1, 0.15) is 6.42 Å². The molecule has 0 radical (unpaired) electrons. The van der Waals surface area contributed by atoms with Gasteiger partial charge in [0.05, 0.1) is 13.0 Å². The molecule has 2 atom stereocenters. The molecule has 0 aromatic rings. The number of ether oxygens (including phenoxy) is 1.